The minimum Gasteiger partial charge on any atom is -0.326 e. The Bertz CT molecular complexity index is 1300. The van der Waals surface area contributed by atoms with Gasteiger partial charge in [-0.05, 0) is 29.3 Å². The highest BCUT2D eigenvalue weighted by Gasteiger charge is 2.20. The second-order valence-electron chi connectivity index (χ2n) is 7.20. The molecule has 0 spiro atoms. The van der Waals surface area contributed by atoms with Crippen molar-refractivity contribution in [2.45, 2.75) is 6.42 Å². The van der Waals surface area contributed by atoms with Gasteiger partial charge in [-0.25, -0.2) is 13.4 Å². The van der Waals surface area contributed by atoms with Crippen LogP contribution in [0.3, 0.4) is 0 Å². The summed E-state index contributed by atoms with van der Waals surface area (Å²) in [6.45, 7) is -0.344. The molecule has 1 aromatic heterocycles. The average molecular weight is 469 g/mol. The summed E-state index contributed by atoms with van der Waals surface area (Å²) >= 11 is 1.24. The molecule has 1 aliphatic heterocycles. The summed E-state index contributed by atoms with van der Waals surface area (Å²) < 4.78 is 25.8. The third kappa shape index (κ3) is 5.10. The van der Waals surface area contributed by atoms with E-state index in [0.29, 0.717) is 17.2 Å². The van der Waals surface area contributed by atoms with Crippen LogP contribution in [0.2, 0.25) is 0 Å². The van der Waals surface area contributed by atoms with Gasteiger partial charge in [0.15, 0.2) is 5.13 Å². The van der Waals surface area contributed by atoms with E-state index in [9.17, 15) is 18.0 Å². The number of hydrogen-bond acceptors (Lipinski definition) is 6. The third-order valence-corrected chi connectivity index (χ3v) is 7.05. The molecule has 2 aromatic carbocycles. The van der Waals surface area contributed by atoms with Crippen LogP contribution in [0.15, 0.2) is 59.3 Å². The van der Waals surface area contributed by atoms with Crippen molar-refractivity contribution in [1.29, 1.82) is 0 Å². The summed E-state index contributed by atoms with van der Waals surface area (Å²) in [6.07, 6.45) is 1.81. The van der Waals surface area contributed by atoms with Gasteiger partial charge in [0.2, 0.25) is 21.8 Å². The fourth-order valence-electron chi connectivity index (χ4n) is 3.14. The van der Waals surface area contributed by atoms with Crippen molar-refractivity contribution in [2.75, 3.05) is 24.2 Å². The first-order valence-corrected chi connectivity index (χ1v) is 12.1. The summed E-state index contributed by atoms with van der Waals surface area (Å²) in [7, 11) is -2.41. The molecule has 4 rings (SSSR count). The van der Waals surface area contributed by atoms with Crippen molar-refractivity contribution >= 4 is 50.1 Å². The number of amides is 2. The number of thiazole rings is 1. The molecule has 0 fully saturated rings. The van der Waals surface area contributed by atoms with E-state index in [1.54, 1.807) is 17.5 Å². The molecule has 0 unspecified atom stereocenters. The van der Waals surface area contributed by atoms with Gasteiger partial charge in [0, 0.05) is 29.1 Å². The van der Waals surface area contributed by atoms with Crippen LogP contribution in [0.1, 0.15) is 11.1 Å². The zero-order valence-electron chi connectivity index (χ0n) is 17.1. The van der Waals surface area contributed by atoms with Crippen molar-refractivity contribution in [2.24, 2.45) is 0 Å². The molecule has 0 atom stereocenters. The van der Waals surface area contributed by atoms with Crippen molar-refractivity contribution < 1.29 is 18.0 Å². The fraction of sp³-hybridized carbons (Fsp3) is 0.136. The minimum absolute atomic E-state index is 0.0407. The molecule has 0 aliphatic carbocycles. The molecule has 0 saturated carbocycles. The number of sulfonamides is 1. The van der Waals surface area contributed by atoms with Gasteiger partial charge in [0.05, 0.1) is 18.7 Å². The van der Waals surface area contributed by atoms with Gasteiger partial charge in [0.25, 0.3) is 0 Å². The van der Waals surface area contributed by atoms with E-state index in [2.05, 4.69) is 15.6 Å². The maximum Gasteiger partial charge on any atom is 0.241 e. The van der Waals surface area contributed by atoms with Gasteiger partial charge in [-0.1, -0.05) is 36.4 Å². The van der Waals surface area contributed by atoms with Crippen LogP contribution in [0, 0.1) is 0 Å². The molecule has 0 bridgehead atoms. The van der Waals surface area contributed by atoms with E-state index in [0.717, 1.165) is 32.1 Å². The predicted octanol–water partition coefficient (Wildman–Crippen LogP) is 3.18. The second kappa shape index (κ2) is 9.03. The number of benzene rings is 2. The second-order valence-corrected chi connectivity index (χ2v) is 9.98. The van der Waals surface area contributed by atoms with Crippen molar-refractivity contribution in [3.8, 4) is 11.3 Å². The number of carbonyl (C=O) groups excluding carboxylic acids is 2. The van der Waals surface area contributed by atoms with Crippen LogP contribution in [0.4, 0.5) is 10.8 Å². The first-order valence-electron chi connectivity index (χ1n) is 9.68. The quantitative estimate of drug-likeness (QED) is 0.554. The van der Waals surface area contributed by atoms with E-state index in [4.69, 9.17) is 0 Å². The lowest BCUT2D eigenvalue weighted by Crippen LogP contribution is -2.33. The Morgan fingerprint density at radius 3 is 2.81 bits per heavy atom. The summed E-state index contributed by atoms with van der Waals surface area (Å²) in [5.41, 5.74) is 3.95. The molecule has 1 aliphatic rings. The highest BCUT2D eigenvalue weighted by atomic mass is 32.2. The number of aromatic nitrogens is 1. The van der Waals surface area contributed by atoms with E-state index in [1.807, 2.05) is 36.4 Å². The van der Waals surface area contributed by atoms with Crippen LogP contribution >= 0.6 is 11.3 Å². The molecule has 3 aromatic rings. The molecule has 10 heteroatoms. The Balaban J connectivity index is 1.37. The molecule has 164 valence electrons. The lowest BCUT2D eigenvalue weighted by molar-refractivity contribution is -0.116. The molecule has 2 amide bonds. The Hall–Kier alpha value is -3.34. The monoisotopic (exact) mass is 468 g/mol. The number of carbonyl (C=O) groups is 2. The van der Waals surface area contributed by atoms with Gasteiger partial charge in [0.1, 0.15) is 0 Å². The number of nitrogens with one attached hydrogen (secondary N) is 2. The van der Waals surface area contributed by atoms with Crippen LogP contribution < -0.4 is 10.6 Å². The Labute approximate surface area is 189 Å². The number of hydrogen-bond donors (Lipinski definition) is 2. The van der Waals surface area contributed by atoms with E-state index < -0.39 is 15.9 Å². The molecular formula is C22H20N4O4S2. The molecule has 8 nitrogen and oxygen atoms in total. The lowest BCUT2D eigenvalue weighted by Gasteiger charge is -2.13. The number of likely N-dealkylation sites (N-methyl/N-ethyl adjacent to an activating group) is 1. The average Bonchev–Trinajstić information content (AvgIpc) is 3.37. The number of fused-ring (bicyclic) bond motifs is 1. The standard InChI is InChI=1S/C22H20N4O4S2/c1-26(32(29,30)10-9-15-5-3-2-4-6-15)13-21(28)25-22-24-19(14-31-22)16-7-8-18-17(11-16)12-20(27)23-18/h2-11,14H,12-13H2,1H3,(H,23,27)(H,24,25,28)/b10-9+. The molecule has 2 N–H and O–H groups in total. The summed E-state index contributed by atoms with van der Waals surface area (Å²) in [4.78, 5) is 28.3. The Morgan fingerprint density at radius 1 is 1.25 bits per heavy atom. The van der Waals surface area contributed by atoms with Crippen molar-refractivity contribution in [3.63, 3.8) is 0 Å². The highest BCUT2D eigenvalue weighted by Crippen LogP contribution is 2.30. The van der Waals surface area contributed by atoms with Crippen LogP contribution in [-0.2, 0) is 26.0 Å². The zero-order valence-corrected chi connectivity index (χ0v) is 18.7. The molecule has 2 heterocycles. The maximum absolute atomic E-state index is 12.4. The van der Waals surface area contributed by atoms with E-state index in [1.165, 1.54) is 24.5 Å². The van der Waals surface area contributed by atoms with Gasteiger partial charge in [-0.2, -0.15) is 4.31 Å². The molecule has 32 heavy (non-hydrogen) atoms. The summed E-state index contributed by atoms with van der Waals surface area (Å²) in [5, 5.41) is 8.66. The normalized spacial score (nSPS) is 13.4. The van der Waals surface area contributed by atoms with Crippen LogP contribution in [-0.4, -0.2) is 43.1 Å². The molecular weight excluding hydrogens is 448 g/mol. The molecule has 0 radical (unpaired) electrons. The van der Waals surface area contributed by atoms with Gasteiger partial charge in [-0.15, -0.1) is 11.3 Å². The first kappa shape index (κ1) is 21.9. The highest BCUT2D eigenvalue weighted by molar-refractivity contribution is 7.92. The van der Waals surface area contributed by atoms with Crippen LogP contribution in [0.25, 0.3) is 17.3 Å². The van der Waals surface area contributed by atoms with Crippen molar-refractivity contribution in [1.82, 2.24) is 9.29 Å². The Morgan fingerprint density at radius 2 is 2.03 bits per heavy atom. The van der Waals surface area contributed by atoms with Crippen molar-refractivity contribution in [3.05, 3.63) is 70.4 Å². The largest absolute Gasteiger partial charge is 0.326 e. The SMILES string of the molecule is CN(CC(=O)Nc1nc(-c2ccc3c(c2)CC(=O)N3)cs1)S(=O)(=O)/C=C/c1ccccc1. The predicted molar refractivity (Wildman–Crippen MR) is 126 cm³/mol. The maximum atomic E-state index is 12.4. The van der Waals surface area contributed by atoms with Crippen LogP contribution in [0.5, 0.6) is 0 Å². The first-order chi connectivity index (χ1) is 15.3. The number of nitrogens with zero attached hydrogens (tertiary/aromatic N) is 2. The fourth-order valence-corrected chi connectivity index (χ4v) is 4.71. The van der Waals surface area contributed by atoms with Gasteiger partial charge >= 0.3 is 0 Å². The Kier molecular flexibility index (Phi) is 6.17. The number of rotatable bonds is 7. The third-order valence-electron chi connectivity index (χ3n) is 4.81. The lowest BCUT2D eigenvalue weighted by atomic mass is 10.1. The van der Waals surface area contributed by atoms with E-state index >= 15 is 0 Å². The molecule has 0 saturated heterocycles. The zero-order chi connectivity index (χ0) is 22.7. The van der Waals surface area contributed by atoms with Gasteiger partial charge in [-0.3, -0.25) is 9.59 Å². The smallest absolute Gasteiger partial charge is 0.241 e. The minimum atomic E-state index is -3.75. The van der Waals surface area contributed by atoms with E-state index in [-0.39, 0.29) is 12.5 Å². The number of anilines is 2. The summed E-state index contributed by atoms with van der Waals surface area (Å²) in [5.74, 6) is -0.532. The summed E-state index contributed by atoms with van der Waals surface area (Å²) in [6, 6.07) is 14.6. The topological polar surface area (TPSA) is 108 Å². The van der Waals surface area contributed by atoms with Gasteiger partial charge < -0.3 is 10.6 Å².